The van der Waals surface area contributed by atoms with Crippen LogP contribution in [0, 0.1) is 6.92 Å². The number of nitrogen functional groups attached to an aromatic ring is 1. The van der Waals surface area contributed by atoms with E-state index in [0.717, 1.165) is 0 Å². The molecule has 82 valence electrons. The molecule has 0 aliphatic heterocycles. The number of aliphatic carboxylic acids is 1. The van der Waals surface area contributed by atoms with Crippen molar-refractivity contribution in [2.75, 3.05) is 5.73 Å². The molecule has 0 atom stereocenters. The Labute approximate surface area is 84.7 Å². The molecule has 0 amide bonds. The summed E-state index contributed by atoms with van der Waals surface area (Å²) in [6, 6.07) is 0. The van der Waals surface area contributed by atoms with Gasteiger partial charge in [-0.15, -0.1) is 0 Å². The third-order valence-corrected chi connectivity index (χ3v) is 1.99. The molecular weight excluding hydrogens is 206 g/mol. The van der Waals surface area contributed by atoms with Crippen molar-refractivity contribution in [2.45, 2.75) is 19.8 Å². The van der Waals surface area contributed by atoms with Crippen molar-refractivity contribution in [1.29, 1.82) is 0 Å². The maximum Gasteiger partial charge on any atom is 0.307 e. The minimum absolute atomic E-state index is 0.0719. The molecule has 15 heavy (non-hydrogen) atoms. The number of nitrogens with zero attached hydrogens (tertiary/aromatic N) is 1. The van der Waals surface area contributed by atoms with Crippen molar-refractivity contribution in [1.82, 2.24) is 4.98 Å². The van der Waals surface area contributed by atoms with Gasteiger partial charge < -0.3 is 10.8 Å². The summed E-state index contributed by atoms with van der Waals surface area (Å²) in [6.07, 6.45) is -2.15. The highest BCUT2D eigenvalue weighted by Gasteiger charge is 2.20. The monoisotopic (exact) mass is 216 g/mol. The number of hydrogen-bond donors (Lipinski definition) is 2. The van der Waals surface area contributed by atoms with E-state index in [4.69, 9.17) is 10.8 Å². The highest BCUT2D eigenvalue weighted by Crippen LogP contribution is 2.27. The van der Waals surface area contributed by atoms with Crippen LogP contribution in [0.3, 0.4) is 0 Å². The van der Waals surface area contributed by atoms with E-state index in [-0.39, 0.29) is 11.3 Å². The van der Waals surface area contributed by atoms with E-state index >= 15 is 0 Å². The van der Waals surface area contributed by atoms with Crippen molar-refractivity contribution in [2.24, 2.45) is 0 Å². The fourth-order valence-corrected chi connectivity index (χ4v) is 1.21. The summed E-state index contributed by atoms with van der Waals surface area (Å²) < 4.78 is 25.0. The van der Waals surface area contributed by atoms with E-state index < -0.39 is 24.5 Å². The van der Waals surface area contributed by atoms with Gasteiger partial charge in [0.25, 0.3) is 6.43 Å². The molecule has 0 unspecified atom stereocenters. The van der Waals surface area contributed by atoms with Crippen molar-refractivity contribution in [3.8, 4) is 0 Å². The van der Waals surface area contributed by atoms with Gasteiger partial charge in [0.1, 0.15) is 5.69 Å². The first-order chi connectivity index (χ1) is 6.93. The van der Waals surface area contributed by atoms with Gasteiger partial charge in [0.15, 0.2) is 0 Å². The number of pyridine rings is 1. The Bertz CT molecular complexity index is 394. The normalized spacial score (nSPS) is 10.7. The summed E-state index contributed by atoms with van der Waals surface area (Å²) in [4.78, 5) is 14.0. The molecule has 1 heterocycles. The first-order valence-electron chi connectivity index (χ1n) is 4.17. The summed E-state index contributed by atoms with van der Waals surface area (Å²) in [5, 5.41) is 8.56. The lowest BCUT2D eigenvalue weighted by molar-refractivity contribution is -0.136. The molecule has 1 rings (SSSR count). The minimum Gasteiger partial charge on any atom is -0.481 e. The zero-order valence-electron chi connectivity index (χ0n) is 8.00. The molecule has 0 saturated carbocycles. The second-order valence-corrected chi connectivity index (χ2v) is 3.09. The van der Waals surface area contributed by atoms with Gasteiger partial charge in [-0.1, -0.05) is 0 Å². The number of carboxylic acids is 1. The first-order valence-corrected chi connectivity index (χ1v) is 4.17. The van der Waals surface area contributed by atoms with Crippen LogP contribution in [0.2, 0.25) is 0 Å². The Morgan fingerprint density at radius 3 is 2.73 bits per heavy atom. The minimum atomic E-state index is -2.82. The van der Waals surface area contributed by atoms with E-state index in [1.165, 1.54) is 6.20 Å². The number of aromatic nitrogens is 1. The predicted octanol–water partition coefficient (Wildman–Crippen LogP) is 1.54. The van der Waals surface area contributed by atoms with Gasteiger partial charge >= 0.3 is 5.97 Å². The molecular formula is C9H10F2N2O2. The number of carboxylic acid groups (broad SMARTS) is 1. The lowest BCUT2D eigenvalue weighted by Crippen LogP contribution is -2.10. The smallest absolute Gasteiger partial charge is 0.307 e. The summed E-state index contributed by atoms with van der Waals surface area (Å²) in [7, 11) is 0. The van der Waals surface area contributed by atoms with Gasteiger partial charge in [-0.2, -0.15) is 0 Å². The van der Waals surface area contributed by atoms with Crippen LogP contribution in [0.5, 0.6) is 0 Å². The molecule has 0 saturated heterocycles. The van der Waals surface area contributed by atoms with Crippen LogP contribution in [-0.2, 0) is 11.2 Å². The fourth-order valence-electron chi connectivity index (χ4n) is 1.21. The number of aryl methyl sites for hydroxylation is 1. The number of anilines is 1. The summed E-state index contributed by atoms with van der Waals surface area (Å²) in [6.45, 7) is 1.59. The largest absolute Gasteiger partial charge is 0.481 e. The highest BCUT2D eigenvalue weighted by atomic mass is 19.3. The molecule has 0 aromatic carbocycles. The van der Waals surface area contributed by atoms with Crippen LogP contribution in [0.4, 0.5) is 14.5 Å². The number of hydrogen-bond acceptors (Lipinski definition) is 3. The van der Waals surface area contributed by atoms with E-state index in [1.54, 1.807) is 6.92 Å². The second-order valence-electron chi connectivity index (χ2n) is 3.09. The molecule has 0 spiro atoms. The van der Waals surface area contributed by atoms with Gasteiger partial charge in [0.05, 0.1) is 6.42 Å². The number of carbonyl (C=O) groups is 1. The molecule has 3 N–H and O–H groups in total. The van der Waals surface area contributed by atoms with Gasteiger partial charge in [0, 0.05) is 17.4 Å². The zero-order valence-corrected chi connectivity index (χ0v) is 8.00. The number of halogens is 2. The Balaban J connectivity index is 3.28. The molecule has 4 nitrogen and oxygen atoms in total. The average Bonchev–Trinajstić information content (AvgIpc) is 2.12. The molecule has 0 aliphatic carbocycles. The van der Waals surface area contributed by atoms with Crippen molar-refractivity contribution < 1.29 is 18.7 Å². The Hall–Kier alpha value is -1.72. The molecule has 0 bridgehead atoms. The van der Waals surface area contributed by atoms with E-state index in [1.807, 2.05) is 0 Å². The molecule has 6 heteroatoms. The number of alkyl halides is 2. The SMILES string of the molecule is Cc1cnc(C(F)F)c(CC(=O)O)c1N. The fraction of sp³-hybridized carbons (Fsp3) is 0.333. The molecule has 0 radical (unpaired) electrons. The standard InChI is InChI=1S/C9H10F2N2O2/c1-4-3-13-8(9(10)11)5(7(4)12)2-6(14)15/h3,9H,2H2,1H3,(H2,12,13)(H,14,15). The number of rotatable bonds is 3. The van der Waals surface area contributed by atoms with Gasteiger partial charge in [-0.05, 0) is 12.5 Å². The lowest BCUT2D eigenvalue weighted by Gasteiger charge is -2.10. The van der Waals surface area contributed by atoms with Gasteiger partial charge in [-0.3, -0.25) is 9.78 Å². The van der Waals surface area contributed by atoms with Gasteiger partial charge in [0.2, 0.25) is 0 Å². The van der Waals surface area contributed by atoms with Gasteiger partial charge in [-0.25, -0.2) is 8.78 Å². The topological polar surface area (TPSA) is 76.2 Å². The van der Waals surface area contributed by atoms with E-state index in [9.17, 15) is 13.6 Å². The average molecular weight is 216 g/mol. The Morgan fingerprint density at radius 2 is 2.27 bits per heavy atom. The molecule has 0 fully saturated rings. The zero-order chi connectivity index (χ0) is 11.6. The summed E-state index contributed by atoms with van der Waals surface area (Å²) in [5.41, 5.74) is 5.45. The van der Waals surface area contributed by atoms with Crippen molar-refractivity contribution in [3.05, 3.63) is 23.0 Å². The van der Waals surface area contributed by atoms with Crippen LogP contribution in [-0.4, -0.2) is 16.1 Å². The predicted molar refractivity (Wildman–Crippen MR) is 49.7 cm³/mol. The summed E-state index contributed by atoms with van der Waals surface area (Å²) in [5.74, 6) is -1.21. The second kappa shape index (κ2) is 4.20. The highest BCUT2D eigenvalue weighted by molar-refractivity contribution is 5.74. The van der Waals surface area contributed by atoms with Crippen LogP contribution in [0.1, 0.15) is 23.2 Å². The van der Waals surface area contributed by atoms with E-state index in [0.29, 0.717) is 5.56 Å². The van der Waals surface area contributed by atoms with Crippen molar-refractivity contribution in [3.63, 3.8) is 0 Å². The van der Waals surface area contributed by atoms with E-state index in [2.05, 4.69) is 4.98 Å². The first kappa shape index (κ1) is 11.4. The molecule has 0 aliphatic rings. The lowest BCUT2D eigenvalue weighted by atomic mass is 10.1. The Kier molecular flexibility index (Phi) is 3.18. The summed E-state index contributed by atoms with van der Waals surface area (Å²) >= 11 is 0. The molecule has 1 aromatic rings. The maximum absolute atomic E-state index is 12.5. The third-order valence-electron chi connectivity index (χ3n) is 1.99. The van der Waals surface area contributed by atoms with Crippen LogP contribution >= 0.6 is 0 Å². The number of nitrogens with two attached hydrogens (primary N) is 1. The van der Waals surface area contributed by atoms with Crippen LogP contribution in [0.25, 0.3) is 0 Å². The van der Waals surface area contributed by atoms with Crippen molar-refractivity contribution >= 4 is 11.7 Å². The van der Waals surface area contributed by atoms with Crippen LogP contribution in [0.15, 0.2) is 6.20 Å². The maximum atomic E-state index is 12.5. The quantitative estimate of drug-likeness (QED) is 0.803. The third kappa shape index (κ3) is 2.39. The Morgan fingerprint density at radius 1 is 1.67 bits per heavy atom. The molecule has 1 aromatic heterocycles. The van der Waals surface area contributed by atoms with Crippen LogP contribution < -0.4 is 5.73 Å².